The van der Waals surface area contributed by atoms with E-state index in [9.17, 15) is 0 Å². The molecule has 0 aromatic carbocycles. The molecule has 0 atom stereocenters. The minimum absolute atomic E-state index is 0.463. The molecule has 0 N–H and O–H groups in total. The van der Waals surface area contributed by atoms with Gasteiger partial charge in [-0.3, -0.25) is 4.68 Å². The summed E-state index contributed by atoms with van der Waals surface area (Å²) in [5.74, 6) is 1.06. The van der Waals surface area contributed by atoms with Gasteiger partial charge in [-0.25, -0.2) is 4.98 Å². The van der Waals surface area contributed by atoms with Gasteiger partial charge in [0.05, 0.1) is 11.3 Å². The van der Waals surface area contributed by atoms with E-state index >= 15 is 0 Å². The van der Waals surface area contributed by atoms with Crippen LogP contribution in [-0.2, 0) is 6.54 Å². The number of pyridine rings is 1. The van der Waals surface area contributed by atoms with Crippen molar-refractivity contribution in [2.45, 2.75) is 20.4 Å². The Morgan fingerprint density at radius 3 is 2.95 bits per heavy atom. The van der Waals surface area contributed by atoms with Gasteiger partial charge in [0.25, 0.3) is 0 Å². The largest absolute Gasteiger partial charge is 0.337 e. The van der Waals surface area contributed by atoms with E-state index in [1.165, 1.54) is 0 Å². The van der Waals surface area contributed by atoms with E-state index in [-0.39, 0.29) is 0 Å². The van der Waals surface area contributed by atoms with E-state index in [4.69, 9.17) is 4.52 Å². The van der Waals surface area contributed by atoms with Gasteiger partial charge >= 0.3 is 0 Å². The van der Waals surface area contributed by atoms with Gasteiger partial charge < -0.3 is 8.92 Å². The summed E-state index contributed by atoms with van der Waals surface area (Å²) in [6.45, 7) is 4.43. The third-order valence-corrected chi connectivity index (χ3v) is 3.52. The molecule has 4 rings (SSSR count). The molecule has 0 saturated carbocycles. The van der Waals surface area contributed by atoms with E-state index in [1.54, 1.807) is 6.20 Å². The van der Waals surface area contributed by atoms with Crippen LogP contribution in [0.5, 0.6) is 0 Å². The Bertz CT molecular complexity index is 948. The molecule has 7 heteroatoms. The molecule has 0 unspecified atom stereocenters. The van der Waals surface area contributed by atoms with Crippen molar-refractivity contribution in [1.82, 2.24) is 29.3 Å². The first-order valence-electron chi connectivity index (χ1n) is 6.96. The normalized spacial score (nSPS) is 11.4. The van der Waals surface area contributed by atoms with Crippen LogP contribution >= 0.6 is 0 Å². The van der Waals surface area contributed by atoms with Crippen LogP contribution in [0, 0.1) is 13.8 Å². The Morgan fingerprint density at radius 1 is 1.23 bits per heavy atom. The monoisotopic (exact) mass is 294 g/mol. The van der Waals surface area contributed by atoms with E-state index in [0.717, 1.165) is 22.6 Å². The number of hydrogen-bond acceptors (Lipinski definition) is 5. The molecule has 0 aliphatic carbocycles. The number of imidazole rings is 1. The maximum atomic E-state index is 5.35. The summed E-state index contributed by atoms with van der Waals surface area (Å²) in [5.41, 5.74) is 3.68. The summed E-state index contributed by atoms with van der Waals surface area (Å²) in [6.07, 6.45) is 5.56. The van der Waals surface area contributed by atoms with Crippen LogP contribution in [-0.4, -0.2) is 29.3 Å². The quantitative estimate of drug-likeness (QED) is 0.579. The molecule has 110 valence electrons. The first-order chi connectivity index (χ1) is 10.7. The summed E-state index contributed by atoms with van der Waals surface area (Å²) in [7, 11) is 0. The van der Waals surface area contributed by atoms with Crippen molar-refractivity contribution in [2.75, 3.05) is 0 Å². The van der Waals surface area contributed by atoms with Gasteiger partial charge in [0.1, 0.15) is 12.2 Å². The van der Waals surface area contributed by atoms with E-state index in [0.29, 0.717) is 18.3 Å². The lowest BCUT2D eigenvalue weighted by Crippen LogP contribution is -2.04. The maximum absolute atomic E-state index is 5.35. The van der Waals surface area contributed by atoms with Gasteiger partial charge in [-0.2, -0.15) is 10.1 Å². The van der Waals surface area contributed by atoms with Crippen molar-refractivity contribution in [1.29, 1.82) is 0 Å². The van der Waals surface area contributed by atoms with Gasteiger partial charge in [-0.05, 0) is 32.0 Å². The predicted molar refractivity (Wildman–Crippen MR) is 79.3 cm³/mol. The van der Waals surface area contributed by atoms with Crippen molar-refractivity contribution >= 4 is 5.65 Å². The first kappa shape index (κ1) is 12.8. The van der Waals surface area contributed by atoms with Crippen LogP contribution in [0.3, 0.4) is 0 Å². The fourth-order valence-electron chi connectivity index (χ4n) is 2.51. The van der Waals surface area contributed by atoms with Crippen LogP contribution in [0.25, 0.3) is 17.0 Å². The van der Waals surface area contributed by atoms with Crippen molar-refractivity contribution in [3.63, 3.8) is 0 Å². The second kappa shape index (κ2) is 4.80. The van der Waals surface area contributed by atoms with Gasteiger partial charge in [0, 0.05) is 24.3 Å². The number of fused-ring (bicyclic) bond motifs is 1. The summed E-state index contributed by atoms with van der Waals surface area (Å²) in [4.78, 5) is 8.79. The molecule has 7 nitrogen and oxygen atoms in total. The third-order valence-electron chi connectivity index (χ3n) is 3.52. The molecule has 22 heavy (non-hydrogen) atoms. The highest BCUT2D eigenvalue weighted by molar-refractivity contribution is 5.72. The van der Waals surface area contributed by atoms with Crippen LogP contribution in [0.2, 0.25) is 0 Å². The first-order valence-corrected chi connectivity index (χ1v) is 6.96. The molecule has 0 amide bonds. The zero-order valence-electron chi connectivity index (χ0n) is 12.3. The van der Waals surface area contributed by atoms with Crippen molar-refractivity contribution in [3.8, 4) is 11.4 Å². The molecule has 0 bridgehead atoms. The average Bonchev–Trinajstić information content (AvgIpc) is 3.20. The summed E-state index contributed by atoms with van der Waals surface area (Å²) in [6, 6.07) is 5.88. The topological polar surface area (TPSA) is 74.0 Å². The number of hydrogen-bond donors (Lipinski definition) is 0. The average molecular weight is 294 g/mol. The smallest absolute Gasteiger partial charge is 0.248 e. The maximum Gasteiger partial charge on any atom is 0.248 e. The second-order valence-electron chi connectivity index (χ2n) is 5.18. The zero-order chi connectivity index (χ0) is 15.1. The van der Waals surface area contributed by atoms with Crippen LogP contribution < -0.4 is 0 Å². The Labute approximate surface area is 126 Å². The Kier molecular flexibility index (Phi) is 2.78. The lowest BCUT2D eigenvalue weighted by Gasteiger charge is -1.99. The molecule has 4 heterocycles. The zero-order valence-corrected chi connectivity index (χ0v) is 12.3. The third kappa shape index (κ3) is 2.07. The highest BCUT2D eigenvalue weighted by Gasteiger charge is 2.14. The molecule has 0 aliphatic rings. The van der Waals surface area contributed by atoms with E-state index in [2.05, 4.69) is 20.2 Å². The summed E-state index contributed by atoms with van der Waals surface area (Å²) >= 11 is 0. The molecule has 4 aromatic rings. The second-order valence-corrected chi connectivity index (χ2v) is 5.18. The van der Waals surface area contributed by atoms with Crippen LogP contribution in [0.15, 0.2) is 41.3 Å². The Balaban J connectivity index is 1.69. The highest BCUT2D eigenvalue weighted by Crippen LogP contribution is 2.20. The molecular formula is C15H14N6O. The summed E-state index contributed by atoms with van der Waals surface area (Å²) in [5, 5.41) is 8.47. The molecule has 0 saturated heterocycles. The lowest BCUT2D eigenvalue weighted by molar-refractivity contribution is 0.364. The highest BCUT2D eigenvalue weighted by atomic mass is 16.5. The van der Waals surface area contributed by atoms with Crippen molar-refractivity contribution in [2.24, 2.45) is 0 Å². The molecular weight excluding hydrogens is 280 g/mol. The van der Waals surface area contributed by atoms with Gasteiger partial charge in [0.15, 0.2) is 0 Å². The van der Waals surface area contributed by atoms with Gasteiger partial charge in [-0.1, -0.05) is 5.16 Å². The molecule has 0 spiro atoms. The summed E-state index contributed by atoms with van der Waals surface area (Å²) < 4.78 is 9.13. The van der Waals surface area contributed by atoms with E-state index < -0.39 is 0 Å². The molecule has 0 radical (unpaired) electrons. The number of aryl methyl sites for hydroxylation is 2. The van der Waals surface area contributed by atoms with Crippen LogP contribution in [0.1, 0.15) is 17.3 Å². The minimum atomic E-state index is 0.463. The molecule has 4 aromatic heterocycles. The fraction of sp³-hybridized carbons (Fsp3) is 0.200. The standard InChI is InChI=1S/C15H14N6O/c1-10-8-11(2)21(18-10)9-13-17-14(19-22-13)12-4-3-6-20-7-5-16-15(12)20/h3-8H,9H2,1-2H3. The van der Waals surface area contributed by atoms with Crippen molar-refractivity contribution in [3.05, 3.63) is 54.1 Å². The van der Waals surface area contributed by atoms with Crippen LogP contribution in [0.4, 0.5) is 0 Å². The minimum Gasteiger partial charge on any atom is -0.337 e. The van der Waals surface area contributed by atoms with Crippen molar-refractivity contribution < 1.29 is 4.52 Å². The number of aromatic nitrogens is 6. The Morgan fingerprint density at radius 2 is 2.14 bits per heavy atom. The van der Waals surface area contributed by atoms with Gasteiger partial charge in [-0.15, -0.1) is 0 Å². The molecule has 0 fully saturated rings. The molecule has 0 aliphatic heterocycles. The predicted octanol–water partition coefficient (Wildman–Crippen LogP) is 2.25. The Hall–Kier alpha value is -2.96. The number of nitrogens with zero attached hydrogens (tertiary/aromatic N) is 6. The van der Waals surface area contributed by atoms with Gasteiger partial charge in [0.2, 0.25) is 11.7 Å². The fourth-order valence-corrected chi connectivity index (χ4v) is 2.51. The van der Waals surface area contributed by atoms with E-state index in [1.807, 2.05) is 53.5 Å². The lowest BCUT2D eigenvalue weighted by atomic mass is 10.2. The number of rotatable bonds is 3. The SMILES string of the molecule is Cc1cc(C)n(Cc2nc(-c3cccn4ccnc34)no2)n1.